The van der Waals surface area contributed by atoms with Crippen molar-refractivity contribution < 1.29 is 17.9 Å². The molecule has 0 spiro atoms. The number of benzene rings is 1. The second-order valence-electron chi connectivity index (χ2n) is 7.31. The van der Waals surface area contributed by atoms with Crippen LogP contribution < -0.4 is 9.64 Å². The molecule has 29 heavy (non-hydrogen) atoms. The Bertz CT molecular complexity index is 805. The van der Waals surface area contributed by atoms with Crippen LogP contribution in [0.4, 0.5) is 18.9 Å². The molecule has 3 rings (SSSR count). The average molecular weight is 408 g/mol. The zero-order valence-corrected chi connectivity index (χ0v) is 16.9. The number of piperazine rings is 1. The number of unbranched alkanes of at least 4 members (excludes halogenated alkanes) is 1. The summed E-state index contributed by atoms with van der Waals surface area (Å²) >= 11 is 0. The minimum absolute atomic E-state index is 0.558. The summed E-state index contributed by atoms with van der Waals surface area (Å²) in [6.45, 7) is 8.54. The minimum Gasteiger partial charge on any atom is -0.477 e. The van der Waals surface area contributed by atoms with E-state index in [2.05, 4.69) is 14.9 Å². The monoisotopic (exact) mass is 408 g/mol. The summed E-state index contributed by atoms with van der Waals surface area (Å²) in [5.41, 5.74) is 1.83. The van der Waals surface area contributed by atoms with E-state index in [1.807, 2.05) is 18.7 Å². The van der Waals surface area contributed by atoms with E-state index in [1.54, 1.807) is 12.3 Å². The van der Waals surface area contributed by atoms with Gasteiger partial charge in [0.05, 0.1) is 29.8 Å². The second-order valence-corrected chi connectivity index (χ2v) is 7.31. The maximum absolute atomic E-state index is 12.9. The molecule has 0 N–H and O–H groups in total. The molecule has 0 unspecified atom stereocenters. The SMILES string of the molecule is Cc1ncc(OCCCCN2CCN(c3cccc(C(F)(F)F)c3)CC2)nc1C. The Labute approximate surface area is 169 Å². The number of aromatic nitrogens is 2. The fourth-order valence-electron chi connectivity index (χ4n) is 3.31. The summed E-state index contributed by atoms with van der Waals surface area (Å²) in [7, 11) is 0. The van der Waals surface area contributed by atoms with E-state index in [-0.39, 0.29) is 0 Å². The predicted molar refractivity (Wildman–Crippen MR) is 106 cm³/mol. The Kier molecular flexibility index (Phi) is 6.95. The summed E-state index contributed by atoms with van der Waals surface area (Å²) in [4.78, 5) is 13.0. The normalized spacial score (nSPS) is 15.6. The lowest BCUT2D eigenvalue weighted by molar-refractivity contribution is -0.137. The van der Waals surface area contributed by atoms with Gasteiger partial charge in [0.1, 0.15) is 0 Å². The van der Waals surface area contributed by atoms with Gasteiger partial charge in [-0.2, -0.15) is 13.2 Å². The van der Waals surface area contributed by atoms with Crippen molar-refractivity contribution in [1.82, 2.24) is 14.9 Å². The molecule has 0 aliphatic carbocycles. The molecule has 0 amide bonds. The number of alkyl halides is 3. The highest BCUT2D eigenvalue weighted by molar-refractivity contribution is 5.49. The van der Waals surface area contributed by atoms with Crippen molar-refractivity contribution in [1.29, 1.82) is 0 Å². The van der Waals surface area contributed by atoms with E-state index in [0.717, 1.165) is 63.0 Å². The summed E-state index contributed by atoms with van der Waals surface area (Å²) < 4.78 is 44.4. The van der Waals surface area contributed by atoms with E-state index in [1.165, 1.54) is 12.1 Å². The Morgan fingerprint density at radius 2 is 1.79 bits per heavy atom. The molecule has 2 heterocycles. The van der Waals surface area contributed by atoms with Crippen LogP contribution >= 0.6 is 0 Å². The third kappa shape index (κ3) is 6.06. The van der Waals surface area contributed by atoms with Gasteiger partial charge in [-0.05, 0) is 51.4 Å². The number of halogens is 3. The molecule has 1 aromatic heterocycles. The van der Waals surface area contributed by atoms with E-state index in [0.29, 0.717) is 18.2 Å². The lowest BCUT2D eigenvalue weighted by Crippen LogP contribution is -2.46. The van der Waals surface area contributed by atoms with Crippen LogP contribution in [0.15, 0.2) is 30.5 Å². The molecule has 5 nitrogen and oxygen atoms in total. The topological polar surface area (TPSA) is 41.5 Å². The van der Waals surface area contributed by atoms with Crippen molar-refractivity contribution in [3.63, 3.8) is 0 Å². The molecule has 8 heteroatoms. The van der Waals surface area contributed by atoms with Crippen LogP contribution in [0.5, 0.6) is 5.88 Å². The molecule has 158 valence electrons. The molecule has 0 radical (unpaired) electrons. The fourth-order valence-corrected chi connectivity index (χ4v) is 3.31. The Morgan fingerprint density at radius 3 is 2.48 bits per heavy atom. The molecule has 0 saturated carbocycles. The van der Waals surface area contributed by atoms with Gasteiger partial charge < -0.3 is 9.64 Å². The predicted octanol–water partition coefficient (Wildman–Crippen LogP) is 4.09. The first-order chi connectivity index (χ1) is 13.8. The van der Waals surface area contributed by atoms with E-state index >= 15 is 0 Å². The van der Waals surface area contributed by atoms with Gasteiger partial charge in [0.2, 0.25) is 5.88 Å². The summed E-state index contributed by atoms with van der Waals surface area (Å²) in [6.07, 6.45) is -0.734. The third-order valence-electron chi connectivity index (χ3n) is 5.20. The summed E-state index contributed by atoms with van der Waals surface area (Å²) in [5.74, 6) is 0.558. The van der Waals surface area contributed by atoms with Crippen LogP contribution in [0.2, 0.25) is 0 Å². The zero-order chi connectivity index (χ0) is 20.9. The molecule has 0 atom stereocenters. The summed E-state index contributed by atoms with van der Waals surface area (Å²) in [6, 6.07) is 5.58. The molecule has 2 aromatic rings. The Morgan fingerprint density at radius 1 is 1.03 bits per heavy atom. The number of hydrogen-bond donors (Lipinski definition) is 0. The molecule has 1 aromatic carbocycles. The maximum Gasteiger partial charge on any atom is 0.416 e. The maximum atomic E-state index is 12.9. The third-order valence-corrected chi connectivity index (χ3v) is 5.20. The van der Waals surface area contributed by atoms with Crippen LogP contribution in [0, 0.1) is 13.8 Å². The van der Waals surface area contributed by atoms with E-state index < -0.39 is 11.7 Å². The molecule has 1 aliphatic rings. The van der Waals surface area contributed by atoms with Crippen molar-refractivity contribution in [3.05, 3.63) is 47.4 Å². The first-order valence-corrected chi connectivity index (χ1v) is 9.90. The van der Waals surface area contributed by atoms with Gasteiger partial charge in [-0.1, -0.05) is 6.07 Å². The van der Waals surface area contributed by atoms with E-state index in [9.17, 15) is 13.2 Å². The van der Waals surface area contributed by atoms with Gasteiger partial charge in [0, 0.05) is 31.9 Å². The van der Waals surface area contributed by atoms with Gasteiger partial charge in [-0.15, -0.1) is 0 Å². The second kappa shape index (κ2) is 9.43. The lowest BCUT2D eigenvalue weighted by Gasteiger charge is -2.36. The molecular weight excluding hydrogens is 381 g/mol. The van der Waals surface area contributed by atoms with Crippen LogP contribution in [0.25, 0.3) is 0 Å². The van der Waals surface area contributed by atoms with Crippen LogP contribution in [0.3, 0.4) is 0 Å². The molecule has 0 bridgehead atoms. The van der Waals surface area contributed by atoms with Gasteiger partial charge in [-0.3, -0.25) is 9.88 Å². The van der Waals surface area contributed by atoms with Gasteiger partial charge in [0.25, 0.3) is 0 Å². The quantitative estimate of drug-likeness (QED) is 0.646. The number of nitrogens with zero attached hydrogens (tertiary/aromatic N) is 4. The largest absolute Gasteiger partial charge is 0.477 e. The number of hydrogen-bond acceptors (Lipinski definition) is 5. The van der Waals surface area contributed by atoms with Crippen molar-refractivity contribution in [2.45, 2.75) is 32.9 Å². The highest BCUT2D eigenvalue weighted by Crippen LogP contribution is 2.31. The first-order valence-electron chi connectivity index (χ1n) is 9.90. The molecule has 1 aliphatic heterocycles. The fraction of sp³-hybridized carbons (Fsp3) is 0.524. The van der Waals surface area contributed by atoms with Crippen molar-refractivity contribution in [2.24, 2.45) is 0 Å². The van der Waals surface area contributed by atoms with Crippen LogP contribution in [0.1, 0.15) is 29.8 Å². The van der Waals surface area contributed by atoms with E-state index in [4.69, 9.17) is 4.74 Å². The average Bonchev–Trinajstić information content (AvgIpc) is 2.70. The minimum atomic E-state index is -4.30. The van der Waals surface area contributed by atoms with Crippen LogP contribution in [-0.4, -0.2) is 54.2 Å². The standard InChI is InChI=1S/C21H27F3N4O/c1-16-17(2)26-20(15-25-16)29-13-4-3-8-27-9-11-28(12-10-27)19-7-5-6-18(14-19)21(22,23)24/h5-7,14-15H,3-4,8-13H2,1-2H3. The van der Waals surface area contributed by atoms with Gasteiger partial charge in [-0.25, -0.2) is 4.98 Å². The number of rotatable bonds is 7. The number of ether oxygens (including phenoxy) is 1. The smallest absolute Gasteiger partial charge is 0.416 e. The summed E-state index contributed by atoms with van der Waals surface area (Å²) in [5, 5.41) is 0. The highest BCUT2D eigenvalue weighted by Gasteiger charge is 2.31. The highest BCUT2D eigenvalue weighted by atomic mass is 19.4. The molecule has 1 fully saturated rings. The zero-order valence-electron chi connectivity index (χ0n) is 16.9. The van der Waals surface area contributed by atoms with Gasteiger partial charge in [0.15, 0.2) is 0 Å². The Balaban J connectivity index is 1.36. The van der Waals surface area contributed by atoms with Crippen LogP contribution in [-0.2, 0) is 6.18 Å². The molecular formula is C21H27F3N4O. The molecule has 1 saturated heterocycles. The van der Waals surface area contributed by atoms with Crippen molar-refractivity contribution in [3.8, 4) is 5.88 Å². The van der Waals surface area contributed by atoms with Gasteiger partial charge >= 0.3 is 6.18 Å². The Hall–Kier alpha value is -2.35. The lowest BCUT2D eigenvalue weighted by atomic mass is 10.1. The number of aryl methyl sites for hydroxylation is 2. The van der Waals surface area contributed by atoms with Crippen molar-refractivity contribution in [2.75, 3.05) is 44.2 Å². The number of anilines is 1. The first kappa shape index (κ1) is 21.4. The van der Waals surface area contributed by atoms with Crippen molar-refractivity contribution >= 4 is 5.69 Å².